The number of ketones is 3. The number of benzene rings is 3. The third-order valence-corrected chi connectivity index (χ3v) is 35.9. The molecule has 139 heavy (non-hydrogen) atoms. The number of allylic oxidation sites excluding steroid dienone is 3. The van der Waals surface area contributed by atoms with Crippen LogP contribution < -0.4 is 0 Å². The topological polar surface area (TPSA) is 291 Å². The van der Waals surface area contributed by atoms with Crippen molar-refractivity contribution in [3.8, 4) is 17.1 Å². The summed E-state index contributed by atoms with van der Waals surface area (Å²) >= 11 is 0.639. The SMILES string of the molecule is C=S(=O)(c1ccn(C)n1)N(C1CC(C)(O)C1)[C@H]1CCC2=Cc3c(cnn3-c3ccc(F)cc3)C[C@]2(C(=O)c2ncc(C(F)(F)F)s2)C1.C=S(=O)(c1cn(C)cn1)N(C1CC(F)(F)C1)[C@H]1CCC2=Cc3c(cnn3-c3ccc(F)cc3)C[C@]2(C(=O)c2cc(C(F)(F)F)ccn2)C1.C=S(=O)(c1ncn(C)n1)N(C(C)C)[C@H]1CCC2=Cc3c(cnn3-c3ccc(F)cc3)C[C@]2(C(=O)c2ncc(C(F)(F)F)s2)C1. The van der Waals surface area contributed by atoms with Crippen molar-refractivity contribution >= 4 is 105 Å². The van der Waals surface area contributed by atoms with Gasteiger partial charge in [0.05, 0.1) is 128 Å². The Labute approximate surface area is 796 Å². The van der Waals surface area contributed by atoms with Crippen LogP contribution in [0.1, 0.15) is 183 Å². The predicted octanol–water partition coefficient (Wildman–Crippen LogP) is 17.2. The maximum Gasteiger partial charge on any atom is 0.427 e. The number of carbonyl (C=O) groups excluding carboxylic acids is 3. The van der Waals surface area contributed by atoms with E-state index in [1.165, 1.54) is 68.9 Å². The first kappa shape index (κ1) is 97.6. The summed E-state index contributed by atoms with van der Waals surface area (Å²) in [5.41, 5.74) is 1.45. The van der Waals surface area contributed by atoms with Gasteiger partial charge < -0.3 is 9.67 Å². The van der Waals surface area contributed by atoms with E-state index in [0.29, 0.717) is 142 Å². The Hall–Kier alpha value is -11.6. The summed E-state index contributed by atoms with van der Waals surface area (Å²) < 4.78 is 250. The first-order valence-electron chi connectivity index (χ1n) is 44.1. The van der Waals surface area contributed by atoms with Gasteiger partial charge >= 0.3 is 18.5 Å². The number of nitrogens with zero attached hydrogens (tertiary/aromatic N) is 19. The number of hydrogen-bond acceptors (Lipinski definition) is 19. The van der Waals surface area contributed by atoms with E-state index in [9.17, 15) is 93.6 Å². The molecule has 0 saturated heterocycles. The van der Waals surface area contributed by atoms with Crippen molar-refractivity contribution in [3.63, 3.8) is 0 Å². The zero-order chi connectivity index (χ0) is 99.3. The van der Waals surface area contributed by atoms with Crippen molar-refractivity contribution in [2.24, 2.45) is 37.4 Å². The molecule has 1 N–H and O–H groups in total. The summed E-state index contributed by atoms with van der Waals surface area (Å²) in [5.74, 6) is 6.23. The summed E-state index contributed by atoms with van der Waals surface area (Å²) in [6, 6.07) is 17.4. The molecule has 12 aromatic rings. The van der Waals surface area contributed by atoms with Crippen LogP contribution in [0.5, 0.6) is 0 Å². The highest BCUT2D eigenvalue weighted by molar-refractivity contribution is 7.98. The van der Waals surface area contributed by atoms with Crippen molar-refractivity contribution in [2.75, 3.05) is 0 Å². The standard InChI is InChI=1S/C33H30F6N6O2S.C32H32F4N6O3S2.C29H29F4N7O2S2/c1-43-18-29(41-19-43)48(2,47)45(26-15-32(35,36)16-26)25-6-3-21-12-28-20(17-42-44(28)24-7-4-23(34)5-8-24)13-31(21,14-25)30(46)27-11-22(9-10-40-27)33(37,38)39;1-30(44)14-24(15-30)42(47(3,45)27-10-11-40(2)39-27)23-7-4-20-12-25-19(17-38-41(25)22-8-5-21(33)6-9-22)13-31(20,16-23)28(43)29-37-18-26(46-29)32(34,35)36;1-17(2)40(44(4,42)27-35-16-38(3)37-27)22-8-5-19-11-23-18(14-36-39(23)21-9-6-20(30)7-10-21)12-28(19,13-22)25(41)26-34-15-24(43-26)29(31,32)33/h4-5,7-12,17-19,25-26H,2-3,6,13-16H2,1H3;5-6,8-12,17-18,23-24,44H,3-4,7,13-16H2,1-2H3;6-7,9-11,14-17,22H,4-5,8,12-13H2,1-3H3/t25-,31-,48?;23-,24?,30?,31-,47?;22-,28-,44?/m000/s1. The minimum Gasteiger partial charge on any atom is -0.390 e. The van der Waals surface area contributed by atoms with Gasteiger partial charge in [-0.25, -0.2) is 81.5 Å². The van der Waals surface area contributed by atoms with Crippen molar-refractivity contribution in [2.45, 2.75) is 205 Å². The molecule has 5 fully saturated rings. The molecule has 20 rings (SSSR count). The van der Waals surface area contributed by atoms with Gasteiger partial charge in [0.25, 0.3) is 5.92 Å². The monoisotopic (exact) mass is 2020 g/mol. The van der Waals surface area contributed by atoms with E-state index in [1.807, 2.05) is 26.0 Å². The Morgan fingerprint density at radius 1 is 0.489 bits per heavy atom. The maximum absolute atomic E-state index is 14.6. The Morgan fingerprint density at radius 3 is 1.27 bits per heavy atom. The van der Waals surface area contributed by atoms with Crippen molar-refractivity contribution in [3.05, 3.63) is 252 Å². The number of carbonyl (C=O) groups is 3. The van der Waals surface area contributed by atoms with E-state index in [1.54, 1.807) is 129 Å². The molecule has 0 bridgehead atoms. The number of hydrogen-bond donors (Lipinski definition) is 1. The molecular formula is C94H91F14N19O7S5. The summed E-state index contributed by atoms with van der Waals surface area (Å²) in [5, 5.41) is 32.8. The third kappa shape index (κ3) is 18.3. The second kappa shape index (κ2) is 35.6. The van der Waals surface area contributed by atoms with Crippen LogP contribution in [0, 0.1) is 33.7 Å². The van der Waals surface area contributed by atoms with Crippen LogP contribution in [-0.2, 0) is 88.1 Å². The Morgan fingerprint density at radius 2 is 0.906 bits per heavy atom. The fourth-order valence-corrected chi connectivity index (χ4v) is 28.8. The van der Waals surface area contributed by atoms with Gasteiger partial charge in [0, 0.05) is 88.8 Å². The molecule has 9 aromatic heterocycles. The van der Waals surface area contributed by atoms with Gasteiger partial charge in [0.1, 0.15) is 39.2 Å². The highest BCUT2D eigenvalue weighted by Crippen LogP contribution is 2.58. The Kier molecular flexibility index (Phi) is 25.0. The third-order valence-electron chi connectivity index (χ3n) is 27.3. The lowest BCUT2D eigenvalue weighted by Gasteiger charge is -2.53. The number of thiazole rings is 2. The van der Waals surface area contributed by atoms with Gasteiger partial charge in [-0.1, -0.05) is 16.7 Å². The fourth-order valence-electron chi connectivity index (χ4n) is 21.1. The number of aromatic nitrogens is 16. The molecule has 8 aliphatic rings. The first-order chi connectivity index (χ1) is 65.3. The zero-order valence-electron chi connectivity index (χ0n) is 75.3. The molecule has 3 unspecified atom stereocenters. The van der Waals surface area contributed by atoms with Gasteiger partial charge in [-0.3, -0.25) is 28.7 Å². The van der Waals surface area contributed by atoms with Crippen LogP contribution in [0.2, 0.25) is 0 Å². The molecule has 732 valence electrons. The van der Waals surface area contributed by atoms with Crippen LogP contribution >= 0.6 is 22.7 Å². The average Bonchev–Trinajstić information content (AvgIpc) is 1.69. The van der Waals surface area contributed by atoms with Gasteiger partial charge in [-0.05, 0) is 254 Å². The zero-order valence-corrected chi connectivity index (χ0v) is 79.4. The summed E-state index contributed by atoms with van der Waals surface area (Å²) in [7, 11) is -4.80. The molecular weight excluding hydrogens is 1930 g/mol. The molecule has 5 saturated carbocycles. The number of fused-ring (bicyclic) bond motifs is 6. The predicted molar refractivity (Wildman–Crippen MR) is 493 cm³/mol. The van der Waals surface area contributed by atoms with E-state index in [-0.39, 0.29) is 82.3 Å². The maximum atomic E-state index is 14.6. The number of Topliss-reactive ketones (excluding diaryl/α,β-unsaturated/α-hetero) is 3. The number of aryl methyl sites for hydroxylation is 3. The Balaban J connectivity index is 0.000000138. The van der Waals surface area contributed by atoms with Crippen LogP contribution in [-0.4, -0.2) is 192 Å². The first-order valence-corrected chi connectivity index (χ1v) is 50.8. The molecule has 8 aliphatic carbocycles. The van der Waals surface area contributed by atoms with Gasteiger partial charge in [-0.15, -0.1) is 27.8 Å². The molecule has 0 radical (unpaired) electrons. The molecule has 45 heteroatoms. The van der Waals surface area contributed by atoms with Crippen molar-refractivity contribution in [1.29, 1.82) is 0 Å². The van der Waals surface area contributed by atoms with E-state index >= 15 is 0 Å². The normalized spacial score (nSPS) is 24.1. The van der Waals surface area contributed by atoms with Crippen LogP contribution in [0.15, 0.2) is 185 Å². The quantitative estimate of drug-likeness (QED) is 0.0397. The lowest BCUT2D eigenvalue weighted by Crippen LogP contribution is -2.60. The van der Waals surface area contributed by atoms with E-state index < -0.39 is 168 Å². The molecule has 0 aliphatic heterocycles. The molecule has 0 spiro atoms. The fraction of sp³-hybridized carbons (Fsp3) is 0.383. The number of aliphatic hydroxyl groups is 1. The van der Waals surface area contributed by atoms with Crippen LogP contribution in [0.3, 0.4) is 0 Å². The van der Waals surface area contributed by atoms with Crippen LogP contribution in [0.25, 0.3) is 35.3 Å². The molecule has 26 nitrogen and oxygen atoms in total. The molecule has 9 heterocycles. The highest BCUT2D eigenvalue weighted by atomic mass is 32.2. The minimum absolute atomic E-state index is 0.0131. The minimum atomic E-state index is -4.73. The molecule has 9 atom stereocenters. The second-order valence-electron chi connectivity index (χ2n) is 37.3. The Bertz CT molecular complexity index is 7270. The average molecular weight is 2030 g/mol. The lowest BCUT2D eigenvalue weighted by atomic mass is 9.60. The van der Waals surface area contributed by atoms with Crippen molar-refractivity contribution < 1.29 is 93.6 Å². The van der Waals surface area contributed by atoms with E-state index in [0.717, 1.165) is 23.9 Å². The summed E-state index contributed by atoms with van der Waals surface area (Å²) in [6.45, 7) is 5.45. The second-order valence-corrected chi connectivity index (χ2v) is 45.6. The number of alkyl halides is 11. The largest absolute Gasteiger partial charge is 0.427 e. The van der Waals surface area contributed by atoms with Gasteiger partial charge in [0.2, 0.25) is 16.7 Å². The molecule has 0 amide bonds. The number of pyridine rings is 1. The molecule has 3 aromatic carbocycles. The number of halogens is 14. The number of rotatable bonds is 21. The van der Waals surface area contributed by atoms with Crippen LogP contribution in [0.4, 0.5) is 61.5 Å². The summed E-state index contributed by atoms with van der Waals surface area (Å²) in [6.07, 6.45) is 7.03. The smallest absolute Gasteiger partial charge is 0.390 e. The van der Waals surface area contributed by atoms with Gasteiger partial charge in [0.15, 0.2) is 25.9 Å². The van der Waals surface area contributed by atoms with E-state index in [2.05, 4.69) is 68.0 Å². The summed E-state index contributed by atoms with van der Waals surface area (Å²) in [4.78, 5) is 62.1. The van der Waals surface area contributed by atoms with Crippen molar-refractivity contribution in [1.82, 2.24) is 91.3 Å². The number of imidazole rings is 1. The van der Waals surface area contributed by atoms with Gasteiger partial charge in [-0.2, -0.15) is 59.9 Å². The highest BCUT2D eigenvalue weighted by Gasteiger charge is 2.60. The van der Waals surface area contributed by atoms with E-state index in [4.69, 9.17) is 0 Å². The lowest BCUT2D eigenvalue weighted by molar-refractivity contribution is -0.138.